The molecular weight excluding hydrogens is 361 g/mol. The van der Waals surface area contributed by atoms with E-state index in [1.165, 1.54) is 12.3 Å². The van der Waals surface area contributed by atoms with Gasteiger partial charge < -0.3 is 5.32 Å². The second-order valence-corrected chi connectivity index (χ2v) is 7.13. The molecule has 0 spiro atoms. The molecule has 144 valence electrons. The van der Waals surface area contributed by atoms with Crippen LogP contribution in [0.3, 0.4) is 0 Å². The number of carbonyl (C=O) groups excluding carboxylic acids is 1. The summed E-state index contributed by atoms with van der Waals surface area (Å²) < 4.78 is 15.6. The van der Waals surface area contributed by atoms with Crippen molar-refractivity contribution >= 4 is 17.4 Å². The smallest absolute Gasteiger partial charge is 0.256 e. The fraction of sp³-hybridized carbons (Fsp3) is 0.350. The van der Waals surface area contributed by atoms with Crippen LogP contribution in [0.1, 0.15) is 46.8 Å². The molecule has 0 radical (unpaired) electrons. The van der Waals surface area contributed by atoms with Crippen LogP contribution >= 0.6 is 0 Å². The molecule has 2 aliphatic rings. The summed E-state index contributed by atoms with van der Waals surface area (Å²) in [5.41, 5.74) is 2.95. The lowest BCUT2D eigenvalue weighted by Gasteiger charge is -2.26. The average Bonchev–Trinajstić information content (AvgIpc) is 3.34. The van der Waals surface area contributed by atoms with Crippen LogP contribution in [0, 0.1) is 5.82 Å². The van der Waals surface area contributed by atoms with Gasteiger partial charge in [0.15, 0.2) is 11.5 Å². The maximum atomic E-state index is 14.1. The minimum atomic E-state index is -0.250. The van der Waals surface area contributed by atoms with Gasteiger partial charge in [-0.3, -0.25) is 9.63 Å². The molecule has 0 unspecified atom stereocenters. The van der Waals surface area contributed by atoms with Crippen molar-refractivity contribution in [3.05, 3.63) is 59.2 Å². The van der Waals surface area contributed by atoms with Crippen molar-refractivity contribution in [1.82, 2.24) is 19.9 Å². The summed E-state index contributed by atoms with van der Waals surface area (Å²) in [5, 5.41) is 8.89. The molecule has 1 fully saturated rings. The summed E-state index contributed by atoms with van der Waals surface area (Å²) in [6.07, 6.45) is 6.59. The number of rotatable bonds is 0. The van der Waals surface area contributed by atoms with Gasteiger partial charge in [-0.25, -0.2) is 19.0 Å². The molecule has 2 aromatic heterocycles. The molecule has 5 rings (SSSR count). The zero-order chi connectivity index (χ0) is 19.1. The van der Waals surface area contributed by atoms with Crippen LogP contribution in [-0.4, -0.2) is 33.7 Å². The highest BCUT2D eigenvalue weighted by Crippen LogP contribution is 2.36. The number of anilines is 1. The molecule has 1 saturated heterocycles. The molecule has 0 aliphatic carbocycles. The Labute approximate surface area is 161 Å². The topological polar surface area (TPSA) is 71.8 Å². The Kier molecular flexibility index (Phi) is 4.20. The number of hydroxylamine groups is 1. The van der Waals surface area contributed by atoms with Crippen LogP contribution in [0.5, 0.6) is 0 Å². The number of nitrogens with one attached hydrogen (secondary N) is 1. The quantitative estimate of drug-likeness (QED) is 0.648. The summed E-state index contributed by atoms with van der Waals surface area (Å²) in [5.74, 6) is 0.148. The molecule has 8 heteroatoms. The molecule has 0 saturated carbocycles. The molecule has 28 heavy (non-hydrogen) atoms. The predicted molar refractivity (Wildman–Crippen MR) is 100 cm³/mol. The maximum absolute atomic E-state index is 14.1. The summed E-state index contributed by atoms with van der Waals surface area (Å²) in [6.45, 7) is 1.10. The standard InChI is InChI=1S/C20H20FN5O2/c21-14-5-4-13-3-1-2-8-22-20(27)16-12-23-25-9-6-18(24-19(16)25)26-17(7-10-28-26)15(13)11-14/h4-6,9,11-12,17H,1-3,7-8,10H2,(H,22,27)/t17-/m1/s1. The molecule has 1 N–H and O–H groups in total. The molecule has 3 aromatic rings. The molecule has 2 bridgehead atoms. The van der Waals surface area contributed by atoms with E-state index in [9.17, 15) is 9.18 Å². The third-order valence-electron chi connectivity index (χ3n) is 5.35. The number of halogens is 1. The summed E-state index contributed by atoms with van der Waals surface area (Å²) in [4.78, 5) is 23.0. The number of nitrogens with zero attached hydrogens (tertiary/aromatic N) is 4. The highest BCUT2D eigenvalue weighted by Gasteiger charge is 2.31. The Hall–Kier alpha value is -3.00. The van der Waals surface area contributed by atoms with Crippen LogP contribution in [0.4, 0.5) is 10.2 Å². The lowest BCUT2D eigenvalue weighted by atomic mass is 9.94. The van der Waals surface area contributed by atoms with Gasteiger partial charge in [0.1, 0.15) is 11.4 Å². The predicted octanol–water partition coefficient (Wildman–Crippen LogP) is 2.82. The number of fused-ring (bicyclic) bond motifs is 5. The maximum Gasteiger partial charge on any atom is 0.256 e. The highest BCUT2D eigenvalue weighted by molar-refractivity contribution is 5.99. The highest BCUT2D eigenvalue weighted by atomic mass is 19.1. The molecule has 2 aliphatic heterocycles. The van der Waals surface area contributed by atoms with Gasteiger partial charge in [0.05, 0.1) is 18.8 Å². The van der Waals surface area contributed by atoms with Gasteiger partial charge in [-0.05, 0) is 42.5 Å². The van der Waals surface area contributed by atoms with Crippen LogP contribution in [0.15, 0.2) is 36.7 Å². The lowest BCUT2D eigenvalue weighted by molar-refractivity contribution is 0.0954. The van der Waals surface area contributed by atoms with E-state index in [-0.39, 0.29) is 17.8 Å². The number of benzene rings is 1. The minimum Gasteiger partial charge on any atom is -0.352 e. The number of amides is 1. The number of hydrogen-bond acceptors (Lipinski definition) is 5. The molecule has 7 nitrogen and oxygen atoms in total. The fourth-order valence-corrected chi connectivity index (χ4v) is 3.96. The Morgan fingerprint density at radius 2 is 2.18 bits per heavy atom. The Morgan fingerprint density at radius 1 is 1.25 bits per heavy atom. The minimum absolute atomic E-state index is 0.121. The van der Waals surface area contributed by atoms with E-state index in [1.807, 2.05) is 6.07 Å². The van der Waals surface area contributed by atoms with Gasteiger partial charge >= 0.3 is 0 Å². The summed E-state index contributed by atoms with van der Waals surface area (Å²) in [6, 6.07) is 6.65. The number of hydrogen-bond donors (Lipinski definition) is 1. The van der Waals surface area contributed by atoms with Crippen LogP contribution in [-0.2, 0) is 11.3 Å². The van der Waals surface area contributed by atoms with Gasteiger partial charge in [0.25, 0.3) is 5.91 Å². The second-order valence-electron chi connectivity index (χ2n) is 7.13. The van der Waals surface area contributed by atoms with E-state index in [4.69, 9.17) is 4.84 Å². The first-order valence-corrected chi connectivity index (χ1v) is 9.54. The fourth-order valence-electron chi connectivity index (χ4n) is 3.96. The third kappa shape index (κ3) is 2.90. The zero-order valence-corrected chi connectivity index (χ0v) is 15.3. The molecule has 1 atom stereocenters. The van der Waals surface area contributed by atoms with Crippen molar-refractivity contribution in [2.45, 2.75) is 31.7 Å². The SMILES string of the molecule is O=C1NCCCCc2ccc(F)cc2[C@H]2CCON2c2ccn3ncc1c3n2. The van der Waals surface area contributed by atoms with Crippen molar-refractivity contribution in [2.75, 3.05) is 18.2 Å². The number of carbonyl (C=O) groups is 1. The first kappa shape index (κ1) is 17.1. The van der Waals surface area contributed by atoms with Gasteiger partial charge in [-0.15, -0.1) is 0 Å². The Bertz CT molecular complexity index is 1050. The summed E-state index contributed by atoms with van der Waals surface area (Å²) in [7, 11) is 0. The first-order valence-electron chi connectivity index (χ1n) is 9.54. The Morgan fingerprint density at radius 3 is 3.11 bits per heavy atom. The van der Waals surface area contributed by atoms with Crippen LogP contribution in [0.2, 0.25) is 0 Å². The van der Waals surface area contributed by atoms with Crippen LogP contribution in [0.25, 0.3) is 5.65 Å². The largest absolute Gasteiger partial charge is 0.352 e. The summed E-state index contributed by atoms with van der Waals surface area (Å²) >= 11 is 0. The van der Waals surface area contributed by atoms with Crippen LogP contribution < -0.4 is 10.4 Å². The first-order chi connectivity index (χ1) is 13.7. The van der Waals surface area contributed by atoms with E-state index >= 15 is 0 Å². The van der Waals surface area contributed by atoms with Crippen molar-refractivity contribution in [1.29, 1.82) is 0 Å². The number of aromatic nitrogens is 3. The van der Waals surface area contributed by atoms with Crippen molar-refractivity contribution in [3.63, 3.8) is 0 Å². The molecule has 1 amide bonds. The van der Waals surface area contributed by atoms with Crippen molar-refractivity contribution < 1.29 is 14.0 Å². The molecular formula is C20H20FN5O2. The second kappa shape index (κ2) is 6.87. The Balaban J connectivity index is 1.65. The van der Waals surface area contributed by atoms with Gasteiger partial charge in [-0.1, -0.05) is 6.07 Å². The van der Waals surface area contributed by atoms with Gasteiger partial charge in [-0.2, -0.15) is 5.10 Å². The van der Waals surface area contributed by atoms with Gasteiger partial charge in [0, 0.05) is 25.2 Å². The number of aryl methyl sites for hydroxylation is 1. The monoisotopic (exact) mass is 381 g/mol. The van der Waals surface area contributed by atoms with E-state index in [1.54, 1.807) is 27.9 Å². The lowest BCUT2D eigenvalue weighted by Crippen LogP contribution is -2.26. The normalized spacial score (nSPS) is 20.0. The van der Waals surface area contributed by atoms with Crippen molar-refractivity contribution in [3.8, 4) is 0 Å². The molecule has 4 heterocycles. The molecule has 1 aromatic carbocycles. The average molecular weight is 381 g/mol. The van der Waals surface area contributed by atoms with E-state index in [0.29, 0.717) is 30.2 Å². The van der Waals surface area contributed by atoms with E-state index in [0.717, 1.165) is 36.8 Å². The third-order valence-corrected chi connectivity index (χ3v) is 5.35. The van der Waals surface area contributed by atoms with Crippen molar-refractivity contribution in [2.24, 2.45) is 0 Å². The van der Waals surface area contributed by atoms with Gasteiger partial charge in [0.2, 0.25) is 0 Å². The van der Waals surface area contributed by atoms with E-state index < -0.39 is 0 Å². The van der Waals surface area contributed by atoms with E-state index in [2.05, 4.69) is 15.4 Å². The zero-order valence-electron chi connectivity index (χ0n) is 15.3.